The van der Waals surface area contributed by atoms with Crippen molar-refractivity contribution in [1.29, 1.82) is 0 Å². The van der Waals surface area contributed by atoms with E-state index < -0.39 is 0 Å². The minimum atomic E-state index is 0.827. The summed E-state index contributed by atoms with van der Waals surface area (Å²) in [7, 11) is 2.03. The largest absolute Gasteiger partial charge is 0.346 e. The lowest BCUT2D eigenvalue weighted by molar-refractivity contribution is 0.547. The Kier molecular flexibility index (Phi) is 3.97. The van der Waals surface area contributed by atoms with Gasteiger partial charge in [0.1, 0.15) is 11.8 Å². The second kappa shape index (κ2) is 6.27. The van der Waals surface area contributed by atoms with Gasteiger partial charge in [0.15, 0.2) is 5.82 Å². The van der Waals surface area contributed by atoms with Gasteiger partial charge in [0.05, 0.1) is 5.52 Å². The Hall–Kier alpha value is -2.36. The van der Waals surface area contributed by atoms with Gasteiger partial charge in [0, 0.05) is 18.9 Å². The number of aromatic nitrogens is 3. The summed E-state index contributed by atoms with van der Waals surface area (Å²) in [5.74, 6) is 1.71. The third-order valence-electron chi connectivity index (χ3n) is 5.16. The molecule has 0 atom stereocenters. The summed E-state index contributed by atoms with van der Waals surface area (Å²) in [4.78, 5) is 8.84. The number of benzene rings is 1. The van der Waals surface area contributed by atoms with Gasteiger partial charge in [-0.05, 0) is 37.0 Å². The second-order valence-electron chi connectivity index (χ2n) is 7.02. The molecule has 0 radical (unpaired) electrons. The van der Waals surface area contributed by atoms with Crippen molar-refractivity contribution in [3.05, 3.63) is 47.9 Å². The Labute approximate surface area is 142 Å². The molecule has 1 aromatic carbocycles. The Morgan fingerprint density at radius 3 is 2.83 bits per heavy atom. The summed E-state index contributed by atoms with van der Waals surface area (Å²) in [6, 6.07) is 8.71. The Morgan fingerprint density at radius 2 is 2.00 bits per heavy atom. The predicted octanol–water partition coefficient (Wildman–Crippen LogP) is 4.75. The molecule has 4 rings (SSSR count). The molecule has 4 heteroatoms. The average molecular weight is 320 g/mol. The standard InChI is InChI=1S/C20H24N4/c1-14-7-8-17(16(11-14)12-15-5-3-4-6-15)23-20-19-18(21-13-22-20)9-10-24(19)2/h7-11,13,15H,3-6,12H2,1-2H3,(H,21,22,23). The molecule has 1 N–H and O–H groups in total. The smallest absolute Gasteiger partial charge is 0.158 e. The average Bonchev–Trinajstić information content (AvgIpc) is 3.21. The quantitative estimate of drug-likeness (QED) is 0.754. The summed E-state index contributed by atoms with van der Waals surface area (Å²) in [5.41, 5.74) is 5.92. The summed E-state index contributed by atoms with van der Waals surface area (Å²) < 4.78 is 2.07. The van der Waals surface area contributed by atoms with Gasteiger partial charge in [-0.25, -0.2) is 9.97 Å². The van der Waals surface area contributed by atoms with Crippen LogP contribution in [0, 0.1) is 12.8 Å². The highest BCUT2D eigenvalue weighted by Crippen LogP contribution is 2.32. The molecule has 1 aliphatic rings. The highest BCUT2D eigenvalue weighted by molar-refractivity contribution is 5.88. The van der Waals surface area contributed by atoms with Crippen molar-refractivity contribution in [2.24, 2.45) is 13.0 Å². The van der Waals surface area contributed by atoms with Crippen molar-refractivity contribution in [2.75, 3.05) is 5.32 Å². The van der Waals surface area contributed by atoms with E-state index >= 15 is 0 Å². The molecule has 2 heterocycles. The zero-order valence-corrected chi connectivity index (χ0v) is 14.4. The van der Waals surface area contributed by atoms with Crippen LogP contribution in [0.2, 0.25) is 0 Å². The first-order valence-corrected chi connectivity index (χ1v) is 8.83. The van der Waals surface area contributed by atoms with E-state index in [1.54, 1.807) is 6.33 Å². The third-order valence-corrected chi connectivity index (χ3v) is 5.16. The Morgan fingerprint density at radius 1 is 1.17 bits per heavy atom. The molecule has 0 unspecified atom stereocenters. The predicted molar refractivity (Wildman–Crippen MR) is 98.6 cm³/mol. The first kappa shape index (κ1) is 15.2. The molecule has 2 aromatic heterocycles. The van der Waals surface area contributed by atoms with Crippen LogP contribution in [0.1, 0.15) is 36.8 Å². The van der Waals surface area contributed by atoms with Crippen molar-refractivity contribution < 1.29 is 0 Å². The van der Waals surface area contributed by atoms with E-state index in [0.717, 1.165) is 29.2 Å². The molecule has 0 saturated heterocycles. The molecular weight excluding hydrogens is 296 g/mol. The number of nitrogens with zero attached hydrogens (tertiary/aromatic N) is 3. The normalized spacial score (nSPS) is 15.2. The van der Waals surface area contributed by atoms with Gasteiger partial charge < -0.3 is 9.88 Å². The van der Waals surface area contributed by atoms with Crippen LogP contribution < -0.4 is 5.32 Å². The summed E-state index contributed by atoms with van der Waals surface area (Å²) in [5, 5.41) is 3.57. The summed E-state index contributed by atoms with van der Waals surface area (Å²) in [6.45, 7) is 2.17. The molecule has 24 heavy (non-hydrogen) atoms. The van der Waals surface area contributed by atoms with E-state index in [-0.39, 0.29) is 0 Å². The van der Waals surface area contributed by atoms with Crippen LogP contribution in [-0.4, -0.2) is 14.5 Å². The molecule has 0 aliphatic heterocycles. The van der Waals surface area contributed by atoms with Crippen molar-refractivity contribution in [3.8, 4) is 0 Å². The fraction of sp³-hybridized carbons (Fsp3) is 0.400. The van der Waals surface area contributed by atoms with Gasteiger partial charge in [-0.1, -0.05) is 43.4 Å². The van der Waals surface area contributed by atoms with E-state index in [1.807, 2.05) is 19.3 Å². The number of fused-ring (bicyclic) bond motifs is 1. The topological polar surface area (TPSA) is 42.7 Å². The minimum Gasteiger partial charge on any atom is -0.346 e. The van der Waals surface area contributed by atoms with E-state index in [2.05, 4.69) is 45.0 Å². The lowest BCUT2D eigenvalue weighted by Crippen LogP contribution is -2.05. The lowest BCUT2D eigenvalue weighted by atomic mass is 9.95. The number of hydrogen-bond donors (Lipinski definition) is 1. The Bertz CT molecular complexity index is 859. The third kappa shape index (κ3) is 2.88. The first-order chi connectivity index (χ1) is 11.7. The van der Waals surface area contributed by atoms with Crippen LogP contribution in [0.5, 0.6) is 0 Å². The maximum Gasteiger partial charge on any atom is 0.158 e. The Balaban J connectivity index is 1.69. The van der Waals surface area contributed by atoms with E-state index in [9.17, 15) is 0 Å². The van der Waals surface area contributed by atoms with Crippen molar-refractivity contribution in [2.45, 2.75) is 39.0 Å². The maximum absolute atomic E-state index is 4.49. The first-order valence-electron chi connectivity index (χ1n) is 8.83. The van der Waals surface area contributed by atoms with Crippen LogP contribution in [0.25, 0.3) is 11.0 Å². The van der Waals surface area contributed by atoms with Crippen molar-refractivity contribution in [1.82, 2.24) is 14.5 Å². The number of hydrogen-bond acceptors (Lipinski definition) is 3. The van der Waals surface area contributed by atoms with Crippen molar-refractivity contribution in [3.63, 3.8) is 0 Å². The van der Waals surface area contributed by atoms with Gasteiger partial charge >= 0.3 is 0 Å². The van der Waals surface area contributed by atoms with Crippen molar-refractivity contribution >= 4 is 22.5 Å². The van der Waals surface area contributed by atoms with Gasteiger partial charge in [-0.2, -0.15) is 0 Å². The number of anilines is 2. The molecule has 0 amide bonds. The molecule has 1 aliphatic carbocycles. The molecule has 3 aromatic rings. The number of nitrogens with one attached hydrogen (secondary N) is 1. The summed E-state index contributed by atoms with van der Waals surface area (Å²) in [6.07, 6.45) is 10.3. The maximum atomic E-state index is 4.49. The van der Waals surface area contributed by atoms with Crippen LogP contribution in [-0.2, 0) is 13.5 Å². The molecule has 124 valence electrons. The fourth-order valence-corrected chi connectivity index (χ4v) is 3.88. The molecule has 1 saturated carbocycles. The fourth-order valence-electron chi connectivity index (χ4n) is 3.88. The summed E-state index contributed by atoms with van der Waals surface area (Å²) >= 11 is 0. The van der Waals surface area contributed by atoms with Crippen LogP contribution >= 0.6 is 0 Å². The molecule has 0 spiro atoms. The number of rotatable bonds is 4. The molecular formula is C20H24N4. The highest BCUT2D eigenvalue weighted by atomic mass is 15.1. The molecule has 1 fully saturated rings. The lowest BCUT2D eigenvalue weighted by Gasteiger charge is -2.16. The van der Waals surface area contributed by atoms with E-state index in [1.165, 1.54) is 42.5 Å². The zero-order chi connectivity index (χ0) is 16.5. The van der Waals surface area contributed by atoms with Gasteiger partial charge in [0.25, 0.3) is 0 Å². The molecule has 0 bridgehead atoms. The minimum absolute atomic E-state index is 0.827. The molecule has 4 nitrogen and oxygen atoms in total. The van der Waals surface area contributed by atoms with Gasteiger partial charge in [-0.15, -0.1) is 0 Å². The van der Waals surface area contributed by atoms with Gasteiger partial charge in [0.2, 0.25) is 0 Å². The van der Waals surface area contributed by atoms with Crippen LogP contribution in [0.3, 0.4) is 0 Å². The van der Waals surface area contributed by atoms with E-state index in [4.69, 9.17) is 0 Å². The van der Waals surface area contributed by atoms with Crippen LogP contribution in [0.4, 0.5) is 11.5 Å². The second-order valence-corrected chi connectivity index (χ2v) is 7.02. The zero-order valence-electron chi connectivity index (χ0n) is 14.4. The highest BCUT2D eigenvalue weighted by Gasteiger charge is 2.18. The van der Waals surface area contributed by atoms with E-state index in [0.29, 0.717) is 0 Å². The number of aryl methyl sites for hydroxylation is 2. The SMILES string of the molecule is Cc1ccc(Nc2ncnc3ccn(C)c23)c(CC2CCCC2)c1. The van der Waals surface area contributed by atoms with Crippen LogP contribution in [0.15, 0.2) is 36.8 Å². The monoisotopic (exact) mass is 320 g/mol. The van der Waals surface area contributed by atoms with Gasteiger partial charge in [-0.3, -0.25) is 0 Å².